The van der Waals surface area contributed by atoms with E-state index in [1.807, 2.05) is 6.92 Å². The molecule has 0 spiro atoms. The Bertz CT molecular complexity index is 1010. The largest absolute Gasteiger partial charge is 0.481 e. The van der Waals surface area contributed by atoms with Gasteiger partial charge in [0.2, 0.25) is 0 Å². The van der Waals surface area contributed by atoms with Crippen molar-refractivity contribution in [2.45, 2.75) is 83.8 Å². The highest BCUT2D eigenvalue weighted by Crippen LogP contribution is 2.61. The molecule has 2 aliphatic rings. The van der Waals surface area contributed by atoms with E-state index in [1.54, 1.807) is 20.8 Å². The lowest BCUT2D eigenvalue weighted by Crippen LogP contribution is -2.73. The molecular weight excluding hydrogens is 456 g/mol. The first kappa shape index (κ1) is 27.1. The van der Waals surface area contributed by atoms with Crippen LogP contribution in [0.25, 0.3) is 0 Å². The molecule has 0 saturated heterocycles. The van der Waals surface area contributed by atoms with Crippen LogP contribution in [0.5, 0.6) is 0 Å². The third kappa shape index (κ3) is 4.24. The van der Waals surface area contributed by atoms with Gasteiger partial charge in [-0.3, -0.25) is 4.79 Å². The number of methoxy groups -OCH3 is 1. The van der Waals surface area contributed by atoms with E-state index < -0.39 is 52.5 Å². The summed E-state index contributed by atoms with van der Waals surface area (Å²) < 4.78 is 34.2. The third-order valence-corrected chi connectivity index (χ3v) is 8.73. The molecule has 0 radical (unpaired) electrons. The molecule has 0 bridgehead atoms. The van der Waals surface area contributed by atoms with E-state index in [1.165, 1.54) is 13.2 Å². The molecule has 0 amide bonds. The fraction of sp³-hybridized carbons (Fsp3) is 0.630. The molecule has 3 rings (SSSR count). The fourth-order valence-corrected chi connectivity index (χ4v) is 7.05. The zero-order valence-electron chi connectivity index (χ0n) is 21.2. The van der Waals surface area contributed by atoms with E-state index in [2.05, 4.69) is 5.32 Å². The topological polar surface area (TPSA) is 95.9 Å². The standard InChI is InChI=1S/C27H37F2NO5/c1-6-19(17-10-8-7-9-11-17)27(25(33)34)23(18-12-13-20(28)21(29)14-18)22(24(31)32)15(2)30-26(27,4)16(3)35-5/h12-14,16-17,19,23,30H,6-11H2,1-5H3,(H,31,32)(H,33,34). The first-order chi connectivity index (χ1) is 16.5. The maximum absolute atomic E-state index is 14.5. The van der Waals surface area contributed by atoms with Gasteiger partial charge in [-0.2, -0.15) is 0 Å². The Morgan fingerprint density at radius 3 is 2.29 bits per heavy atom. The Kier molecular flexibility index (Phi) is 7.94. The number of carboxylic acids is 2. The van der Waals surface area contributed by atoms with Crippen molar-refractivity contribution < 1.29 is 33.3 Å². The summed E-state index contributed by atoms with van der Waals surface area (Å²) in [5.74, 6) is -6.32. The average Bonchev–Trinajstić information content (AvgIpc) is 2.81. The number of allylic oxidation sites excluding steroid dienone is 1. The normalized spacial score (nSPS) is 29.4. The van der Waals surface area contributed by atoms with E-state index in [4.69, 9.17) is 4.74 Å². The minimum absolute atomic E-state index is 0.0382. The van der Waals surface area contributed by atoms with Crippen LogP contribution in [-0.4, -0.2) is 40.9 Å². The number of hydrogen-bond acceptors (Lipinski definition) is 4. The molecule has 1 aromatic carbocycles. The van der Waals surface area contributed by atoms with E-state index in [9.17, 15) is 28.6 Å². The van der Waals surface area contributed by atoms with E-state index in [0.29, 0.717) is 6.42 Å². The van der Waals surface area contributed by atoms with E-state index in [0.717, 1.165) is 44.2 Å². The van der Waals surface area contributed by atoms with Gasteiger partial charge in [-0.15, -0.1) is 0 Å². The van der Waals surface area contributed by atoms with Gasteiger partial charge in [0.1, 0.15) is 5.41 Å². The first-order valence-corrected chi connectivity index (χ1v) is 12.4. The van der Waals surface area contributed by atoms with Crippen LogP contribution in [0, 0.1) is 28.9 Å². The molecule has 1 heterocycles. The number of carbonyl (C=O) groups is 2. The van der Waals surface area contributed by atoms with Gasteiger partial charge >= 0.3 is 11.9 Å². The van der Waals surface area contributed by atoms with Gasteiger partial charge in [0.05, 0.1) is 17.2 Å². The predicted octanol–water partition coefficient (Wildman–Crippen LogP) is 5.48. The summed E-state index contributed by atoms with van der Waals surface area (Å²) in [5.41, 5.74) is -2.71. The lowest BCUT2D eigenvalue weighted by Gasteiger charge is -2.60. The third-order valence-electron chi connectivity index (χ3n) is 8.73. The second kappa shape index (κ2) is 10.2. The van der Waals surface area contributed by atoms with Crippen molar-refractivity contribution in [3.05, 3.63) is 46.7 Å². The molecule has 1 aliphatic heterocycles. The van der Waals surface area contributed by atoms with Gasteiger partial charge in [-0.1, -0.05) is 51.5 Å². The van der Waals surface area contributed by atoms with Crippen molar-refractivity contribution in [2.75, 3.05) is 7.11 Å². The number of rotatable bonds is 8. The van der Waals surface area contributed by atoms with Gasteiger partial charge in [-0.25, -0.2) is 13.6 Å². The molecule has 5 atom stereocenters. The molecular formula is C27H37F2NO5. The number of hydrogen-bond donors (Lipinski definition) is 3. The van der Waals surface area contributed by atoms with E-state index >= 15 is 0 Å². The molecule has 35 heavy (non-hydrogen) atoms. The Labute approximate surface area is 205 Å². The monoisotopic (exact) mass is 493 g/mol. The predicted molar refractivity (Wildman–Crippen MR) is 128 cm³/mol. The molecule has 5 unspecified atom stereocenters. The summed E-state index contributed by atoms with van der Waals surface area (Å²) in [7, 11) is 1.49. The molecule has 6 nitrogen and oxygen atoms in total. The summed E-state index contributed by atoms with van der Waals surface area (Å²) in [6.45, 7) is 7.04. The number of carboxylic acid groups (broad SMARTS) is 2. The zero-order valence-corrected chi connectivity index (χ0v) is 21.2. The summed E-state index contributed by atoms with van der Waals surface area (Å²) in [6.07, 6.45) is 4.52. The number of benzene rings is 1. The molecule has 1 aromatic rings. The second-order valence-corrected chi connectivity index (χ2v) is 10.2. The molecule has 0 aromatic heterocycles. The molecule has 3 N–H and O–H groups in total. The molecule has 194 valence electrons. The number of nitrogens with one attached hydrogen (secondary N) is 1. The number of halogens is 2. The SMILES string of the molecule is CCC(C1CCCCC1)C1(C(=O)O)C(c2ccc(F)c(F)c2)C(C(=O)O)=C(C)NC1(C)C(C)OC. The highest BCUT2D eigenvalue weighted by molar-refractivity contribution is 5.93. The fourth-order valence-electron chi connectivity index (χ4n) is 7.05. The minimum atomic E-state index is -1.73. The highest BCUT2D eigenvalue weighted by Gasteiger charge is 2.69. The maximum Gasteiger partial charge on any atom is 0.333 e. The quantitative estimate of drug-likeness (QED) is 0.444. The first-order valence-electron chi connectivity index (χ1n) is 12.4. The van der Waals surface area contributed by atoms with Crippen molar-refractivity contribution in [3.8, 4) is 0 Å². The smallest absolute Gasteiger partial charge is 0.333 e. The Morgan fingerprint density at radius 2 is 1.80 bits per heavy atom. The maximum atomic E-state index is 14.5. The van der Waals surface area contributed by atoms with Crippen LogP contribution in [-0.2, 0) is 14.3 Å². The van der Waals surface area contributed by atoms with Crippen LogP contribution in [0.4, 0.5) is 8.78 Å². The Balaban J connectivity index is 2.48. The van der Waals surface area contributed by atoms with Crippen LogP contribution < -0.4 is 5.32 Å². The Morgan fingerprint density at radius 1 is 1.17 bits per heavy atom. The van der Waals surface area contributed by atoms with Gasteiger partial charge in [0, 0.05) is 18.7 Å². The second-order valence-electron chi connectivity index (χ2n) is 10.2. The lowest BCUT2D eigenvalue weighted by atomic mass is 9.46. The van der Waals surface area contributed by atoms with Crippen molar-refractivity contribution in [1.29, 1.82) is 0 Å². The van der Waals surface area contributed by atoms with Crippen LogP contribution in [0.15, 0.2) is 29.5 Å². The zero-order chi connectivity index (χ0) is 26.1. The molecule has 1 aliphatic carbocycles. The van der Waals surface area contributed by atoms with Crippen LogP contribution >= 0.6 is 0 Å². The van der Waals surface area contributed by atoms with Gasteiger partial charge < -0.3 is 20.3 Å². The molecule has 1 fully saturated rings. The van der Waals surface area contributed by atoms with Crippen molar-refractivity contribution in [1.82, 2.24) is 5.32 Å². The van der Waals surface area contributed by atoms with Crippen molar-refractivity contribution in [3.63, 3.8) is 0 Å². The average molecular weight is 494 g/mol. The molecule has 8 heteroatoms. The van der Waals surface area contributed by atoms with E-state index in [-0.39, 0.29) is 22.8 Å². The Hall–Kier alpha value is -2.48. The van der Waals surface area contributed by atoms with Crippen molar-refractivity contribution in [2.24, 2.45) is 17.3 Å². The highest BCUT2D eigenvalue weighted by atomic mass is 19.2. The minimum Gasteiger partial charge on any atom is -0.481 e. The van der Waals surface area contributed by atoms with Crippen LogP contribution in [0.2, 0.25) is 0 Å². The van der Waals surface area contributed by atoms with Crippen LogP contribution in [0.3, 0.4) is 0 Å². The van der Waals surface area contributed by atoms with Gasteiger partial charge in [0.25, 0.3) is 0 Å². The van der Waals surface area contributed by atoms with Crippen LogP contribution in [0.1, 0.15) is 77.7 Å². The van der Waals surface area contributed by atoms with Gasteiger partial charge in [-0.05, 0) is 50.3 Å². The number of aliphatic carboxylic acids is 2. The van der Waals surface area contributed by atoms with Gasteiger partial charge in [0.15, 0.2) is 11.6 Å². The lowest BCUT2D eigenvalue weighted by molar-refractivity contribution is -0.176. The summed E-state index contributed by atoms with van der Waals surface area (Å²) in [4.78, 5) is 26.3. The van der Waals surface area contributed by atoms with Crippen molar-refractivity contribution >= 4 is 11.9 Å². The summed E-state index contributed by atoms with van der Waals surface area (Å²) >= 11 is 0. The summed E-state index contributed by atoms with van der Waals surface area (Å²) in [5, 5.41) is 24.7. The number of ether oxygens (including phenoxy) is 1. The summed E-state index contributed by atoms with van der Waals surface area (Å²) in [6, 6.07) is 3.20. The molecule has 1 saturated carbocycles.